The molecule has 1 aliphatic rings. The van der Waals surface area contributed by atoms with Crippen molar-refractivity contribution < 1.29 is 17.2 Å². The van der Waals surface area contributed by atoms with Gasteiger partial charge in [0.15, 0.2) is 9.84 Å². The third-order valence-corrected chi connectivity index (χ3v) is 5.10. The molecule has 1 aliphatic heterocycles. The van der Waals surface area contributed by atoms with Gasteiger partial charge in [0.25, 0.3) is 0 Å². The molecule has 1 aromatic rings. The summed E-state index contributed by atoms with van der Waals surface area (Å²) in [5.74, 6) is -1.32. The third kappa shape index (κ3) is 3.46. The molecule has 1 saturated heterocycles. The van der Waals surface area contributed by atoms with Gasteiger partial charge in [0.1, 0.15) is 17.3 Å². The molecule has 7 heteroatoms. The molecule has 1 aromatic carbocycles. The summed E-state index contributed by atoms with van der Waals surface area (Å²) >= 11 is 0. The summed E-state index contributed by atoms with van der Waals surface area (Å²) in [7, 11) is -3.11. The minimum atomic E-state index is -3.11. The van der Waals surface area contributed by atoms with Crippen molar-refractivity contribution in [2.75, 3.05) is 36.0 Å². The van der Waals surface area contributed by atoms with Crippen LogP contribution in [0.5, 0.6) is 0 Å². The molecule has 0 bridgehead atoms. The second kappa shape index (κ2) is 6.05. The minimum absolute atomic E-state index is 0.0675. The Morgan fingerprint density at radius 1 is 1.15 bits per heavy atom. The number of hydrogen-bond donors (Lipinski definition) is 1. The Morgan fingerprint density at radius 2 is 1.80 bits per heavy atom. The van der Waals surface area contributed by atoms with E-state index in [-0.39, 0.29) is 23.7 Å². The molecule has 0 amide bonds. The molecule has 20 heavy (non-hydrogen) atoms. The Morgan fingerprint density at radius 3 is 2.40 bits per heavy atom. The Hall–Kier alpha value is -1.21. The van der Waals surface area contributed by atoms with Crippen LogP contribution in [0.25, 0.3) is 0 Å². The average molecular weight is 304 g/mol. The zero-order valence-corrected chi connectivity index (χ0v) is 11.9. The SMILES string of the molecule is NCCc1cc(F)c(N2CCCS(=O)(=O)CC2)c(F)c1. The predicted octanol–water partition coefficient (Wildman–Crippen LogP) is 1.09. The Labute approximate surface area is 117 Å². The molecule has 0 spiro atoms. The van der Waals surface area contributed by atoms with E-state index in [4.69, 9.17) is 5.73 Å². The van der Waals surface area contributed by atoms with Crippen LogP contribution in [0.15, 0.2) is 12.1 Å². The highest BCUT2D eigenvalue weighted by Gasteiger charge is 2.23. The van der Waals surface area contributed by atoms with Crippen LogP contribution in [-0.4, -0.2) is 39.6 Å². The number of nitrogens with zero attached hydrogens (tertiary/aromatic N) is 1. The first-order valence-electron chi connectivity index (χ1n) is 6.56. The molecule has 4 nitrogen and oxygen atoms in total. The Bertz CT molecular complexity index is 567. The van der Waals surface area contributed by atoms with Crippen LogP contribution in [-0.2, 0) is 16.3 Å². The topological polar surface area (TPSA) is 63.4 Å². The summed E-state index contributed by atoms with van der Waals surface area (Å²) in [4.78, 5) is 1.47. The van der Waals surface area contributed by atoms with Crippen LogP contribution in [0.2, 0.25) is 0 Å². The van der Waals surface area contributed by atoms with Crippen molar-refractivity contribution in [2.45, 2.75) is 12.8 Å². The molecule has 1 fully saturated rings. The van der Waals surface area contributed by atoms with Crippen molar-refractivity contribution in [1.29, 1.82) is 0 Å². The van der Waals surface area contributed by atoms with E-state index in [1.165, 1.54) is 17.0 Å². The summed E-state index contributed by atoms with van der Waals surface area (Å²) < 4.78 is 51.2. The van der Waals surface area contributed by atoms with Gasteiger partial charge in [0.2, 0.25) is 0 Å². The fourth-order valence-corrected chi connectivity index (χ4v) is 3.66. The average Bonchev–Trinajstić information content (AvgIpc) is 2.51. The summed E-state index contributed by atoms with van der Waals surface area (Å²) in [6.07, 6.45) is 0.786. The van der Waals surface area contributed by atoms with E-state index in [0.717, 1.165) is 0 Å². The minimum Gasteiger partial charge on any atom is -0.366 e. The number of benzene rings is 1. The quantitative estimate of drug-likeness (QED) is 0.908. The Kier molecular flexibility index (Phi) is 4.59. The lowest BCUT2D eigenvalue weighted by atomic mass is 10.1. The fourth-order valence-electron chi connectivity index (χ4n) is 2.39. The smallest absolute Gasteiger partial charge is 0.152 e. The van der Waals surface area contributed by atoms with Crippen LogP contribution in [0.3, 0.4) is 0 Å². The van der Waals surface area contributed by atoms with Crippen molar-refractivity contribution in [3.63, 3.8) is 0 Å². The summed E-state index contributed by atoms with van der Waals surface area (Å²) in [6, 6.07) is 2.54. The number of halogens is 2. The fraction of sp³-hybridized carbons (Fsp3) is 0.538. The molecule has 0 aromatic heterocycles. The number of anilines is 1. The molecule has 0 radical (unpaired) electrons. The molecule has 2 N–H and O–H groups in total. The largest absolute Gasteiger partial charge is 0.366 e. The van der Waals surface area contributed by atoms with Crippen molar-refractivity contribution >= 4 is 15.5 Å². The summed E-state index contributed by atoms with van der Waals surface area (Å²) in [6.45, 7) is 0.774. The first-order valence-corrected chi connectivity index (χ1v) is 8.38. The molecule has 112 valence electrons. The van der Waals surface area contributed by atoms with E-state index >= 15 is 0 Å². The second-order valence-electron chi connectivity index (χ2n) is 4.94. The van der Waals surface area contributed by atoms with Crippen molar-refractivity contribution in [1.82, 2.24) is 0 Å². The first kappa shape index (κ1) is 15.2. The molecular formula is C13H18F2N2O2S. The van der Waals surface area contributed by atoms with E-state index in [0.29, 0.717) is 31.5 Å². The normalized spacial score (nSPS) is 18.9. The molecule has 0 aliphatic carbocycles. The molecule has 0 atom stereocenters. The van der Waals surface area contributed by atoms with Gasteiger partial charge in [0.05, 0.1) is 11.5 Å². The van der Waals surface area contributed by atoms with Gasteiger partial charge in [-0.3, -0.25) is 0 Å². The van der Waals surface area contributed by atoms with Gasteiger partial charge in [-0.15, -0.1) is 0 Å². The number of hydrogen-bond acceptors (Lipinski definition) is 4. The van der Waals surface area contributed by atoms with Crippen molar-refractivity contribution in [2.24, 2.45) is 5.73 Å². The van der Waals surface area contributed by atoms with Gasteiger partial charge < -0.3 is 10.6 Å². The first-order chi connectivity index (χ1) is 9.43. The van der Waals surface area contributed by atoms with Gasteiger partial charge in [-0.25, -0.2) is 17.2 Å². The third-order valence-electron chi connectivity index (χ3n) is 3.38. The summed E-state index contributed by atoms with van der Waals surface area (Å²) in [5, 5.41) is 0. The zero-order valence-electron chi connectivity index (χ0n) is 11.1. The highest BCUT2D eigenvalue weighted by molar-refractivity contribution is 7.91. The molecule has 0 saturated carbocycles. The van der Waals surface area contributed by atoms with E-state index in [2.05, 4.69) is 0 Å². The van der Waals surface area contributed by atoms with E-state index in [1.54, 1.807) is 0 Å². The standard InChI is InChI=1S/C13H18F2N2O2S/c14-11-8-10(2-3-16)9-12(15)13(11)17-4-1-6-20(18,19)7-5-17/h8-9H,1-7,16H2. The lowest BCUT2D eigenvalue weighted by Crippen LogP contribution is -2.28. The molecular weight excluding hydrogens is 286 g/mol. The molecule has 1 heterocycles. The van der Waals surface area contributed by atoms with Gasteiger partial charge in [-0.05, 0) is 37.1 Å². The highest BCUT2D eigenvalue weighted by Crippen LogP contribution is 2.26. The lowest BCUT2D eigenvalue weighted by molar-refractivity contribution is 0.568. The summed E-state index contributed by atoms with van der Waals surface area (Å²) in [5.41, 5.74) is 5.74. The zero-order chi connectivity index (χ0) is 14.8. The van der Waals surface area contributed by atoms with Crippen LogP contribution >= 0.6 is 0 Å². The van der Waals surface area contributed by atoms with Gasteiger partial charge >= 0.3 is 0 Å². The van der Waals surface area contributed by atoms with Crippen LogP contribution in [0.1, 0.15) is 12.0 Å². The van der Waals surface area contributed by atoms with Crippen molar-refractivity contribution in [3.8, 4) is 0 Å². The monoisotopic (exact) mass is 304 g/mol. The van der Waals surface area contributed by atoms with Gasteiger partial charge in [-0.2, -0.15) is 0 Å². The Balaban J connectivity index is 2.28. The van der Waals surface area contributed by atoms with E-state index < -0.39 is 21.5 Å². The molecule has 2 rings (SSSR count). The maximum atomic E-state index is 14.1. The van der Waals surface area contributed by atoms with Crippen molar-refractivity contribution in [3.05, 3.63) is 29.3 Å². The second-order valence-corrected chi connectivity index (χ2v) is 7.24. The van der Waals surface area contributed by atoms with Gasteiger partial charge in [0, 0.05) is 13.1 Å². The van der Waals surface area contributed by atoms with Crippen LogP contribution < -0.4 is 10.6 Å². The maximum Gasteiger partial charge on any atom is 0.152 e. The van der Waals surface area contributed by atoms with Crippen LogP contribution in [0.4, 0.5) is 14.5 Å². The van der Waals surface area contributed by atoms with E-state index in [1.807, 2.05) is 0 Å². The van der Waals surface area contributed by atoms with E-state index in [9.17, 15) is 17.2 Å². The number of rotatable bonds is 3. The maximum absolute atomic E-state index is 14.1. The van der Waals surface area contributed by atoms with Crippen LogP contribution in [0, 0.1) is 11.6 Å². The van der Waals surface area contributed by atoms with Gasteiger partial charge in [-0.1, -0.05) is 0 Å². The molecule has 0 unspecified atom stereocenters. The number of sulfone groups is 1. The predicted molar refractivity (Wildman–Crippen MR) is 74.6 cm³/mol. The highest BCUT2D eigenvalue weighted by atomic mass is 32.2. The lowest BCUT2D eigenvalue weighted by Gasteiger charge is -2.23. The number of nitrogens with two attached hydrogens (primary N) is 1.